The summed E-state index contributed by atoms with van der Waals surface area (Å²) in [5.41, 5.74) is 8.24. The second-order valence-corrected chi connectivity index (χ2v) is 12.3. The van der Waals surface area contributed by atoms with E-state index in [1.807, 2.05) is 6.07 Å². The number of rotatable bonds is 7. The molecule has 3 N–H and O–H groups in total. The van der Waals surface area contributed by atoms with Crippen LogP contribution in [-0.4, -0.2) is 38.1 Å². The van der Waals surface area contributed by atoms with Crippen molar-refractivity contribution >= 4 is 11.8 Å². The predicted octanol–water partition coefficient (Wildman–Crippen LogP) is 2.59. The molecule has 2 aliphatic rings. The van der Waals surface area contributed by atoms with E-state index in [4.69, 9.17) is 10.7 Å². The van der Waals surface area contributed by atoms with Crippen LogP contribution in [0.2, 0.25) is 0 Å². The van der Waals surface area contributed by atoms with Gasteiger partial charge < -0.3 is 0 Å². The van der Waals surface area contributed by atoms with E-state index in [1.165, 1.54) is 17.7 Å². The van der Waals surface area contributed by atoms with E-state index in [0.29, 0.717) is 57.3 Å². The van der Waals surface area contributed by atoms with Crippen LogP contribution in [0.1, 0.15) is 65.3 Å². The first-order valence-corrected chi connectivity index (χ1v) is 13.2. The fourth-order valence-electron chi connectivity index (χ4n) is 4.31. The average molecular weight is 610 g/mol. The number of nitrogens with one attached hydrogen (secondary N) is 1. The predicted molar refractivity (Wildman–Crippen MR) is 110 cm³/mol. The van der Waals surface area contributed by atoms with Crippen LogP contribution in [0.15, 0.2) is 36.4 Å². The first-order valence-electron chi connectivity index (χ1n) is 10.7. The molecule has 1 aromatic heterocycles. The number of hydrogen-bond donors (Lipinski definition) is 2. The zero-order chi connectivity index (χ0) is 22.0. The molecular formula is C23H26FHgN4O2. The summed E-state index contributed by atoms with van der Waals surface area (Å²) < 4.78 is 15.7. The van der Waals surface area contributed by atoms with Crippen molar-refractivity contribution in [2.75, 3.05) is 13.1 Å². The Bertz CT molecular complexity index is 970. The molecule has 2 amide bonds. The average Bonchev–Trinajstić information content (AvgIpc) is 3.57. The molecule has 0 atom stereocenters. The Hall–Kier alpha value is -1.86. The summed E-state index contributed by atoms with van der Waals surface area (Å²) in [4.78, 5) is 29.6. The molecule has 1 aromatic carbocycles. The Balaban J connectivity index is 1.57. The fourth-order valence-corrected chi connectivity index (χ4v) is 5.54. The van der Waals surface area contributed by atoms with E-state index in [2.05, 4.69) is 7.98 Å². The fraction of sp³-hybridized carbons (Fsp3) is 0.435. The number of amides is 2. The topological polar surface area (TPSA) is 88.3 Å². The van der Waals surface area contributed by atoms with Gasteiger partial charge in [-0.15, -0.1) is 0 Å². The summed E-state index contributed by atoms with van der Waals surface area (Å²) in [6.45, 7) is 1.75. The SMILES string of the molecule is NC(=O)CC1(NC(=O)c2ccc(C3CC3)c(Cc3ccc(F)cc3)n2)CC[N]([Hg])CC1. The number of piperidine rings is 1. The second kappa shape index (κ2) is 9.32. The van der Waals surface area contributed by atoms with Crippen molar-refractivity contribution in [2.24, 2.45) is 5.73 Å². The van der Waals surface area contributed by atoms with Crippen molar-refractivity contribution in [1.82, 2.24) is 13.0 Å². The second-order valence-electron chi connectivity index (χ2n) is 8.81. The molecule has 0 radical (unpaired) electrons. The molecule has 1 saturated heterocycles. The van der Waals surface area contributed by atoms with Crippen molar-refractivity contribution in [1.29, 1.82) is 0 Å². The van der Waals surface area contributed by atoms with Crippen LogP contribution >= 0.6 is 0 Å². The van der Waals surface area contributed by atoms with Crippen LogP contribution in [0.5, 0.6) is 0 Å². The molecule has 1 saturated carbocycles. The number of carbonyl (C=O) groups excluding carboxylic acids is 2. The minimum atomic E-state index is -0.604. The zero-order valence-corrected chi connectivity index (χ0v) is 23.1. The van der Waals surface area contributed by atoms with E-state index in [1.54, 1.807) is 18.2 Å². The van der Waals surface area contributed by atoms with E-state index in [-0.39, 0.29) is 18.1 Å². The summed E-state index contributed by atoms with van der Waals surface area (Å²) >= 11 is 0.535. The summed E-state index contributed by atoms with van der Waals surface area (Å²) in [6, 6.07) is 10.2. The summed E-state index contributed by atoms with van der Waals surface area (Å²) in [6.07, 6.45) is 4.38. The van der Waals surface area contributed by atoms with Crippen LogP contribution in [-0.2, 0) is 37.6 Å². The van der Waals surface area contributed by atoms with Gasteiger partial charge in [-0.25, -0.2) is 4.39 Å². The number of nitrogens with zero attached hydrogens (tertiary/aromatic N) is 2. The number of pyridine rings is 1. The molecule has 2 aromatic rings. The maximum atomic E-state index is 13.3. The van der Waals surface area contributed by atoms with Crippen LogP contribution in [0.4, 0.5) is 4.39 Å². The van der Waals surface area contributed by atoms with Gasteiger partial charge in [0.05, 0.1) is 0 Å². The molecule has 159 valence electrons. The third kappa shape index (κ3) is 5.69. The standard InChI is InChI=1S/C23H26FN4O2.Hg/c24-17-5-1-15(2-6-17)13-20-18(16-3-4-16)7-8-19(27-20)22(30)28-23(14-21(25)29)9-11-26-12-10-23;/h1-2,5-8,16H,3-4,9-14H2,(H2,25,29)(H,28,30);/q-1;+1. The van der Waals surface area contributed by atoms with E-state index in [0.717, 1.165) is 37.2 Å². The molecule has 31 heavy (non-hydrogen) atoms. The number of nitrogens with two attached hydrogens (primary N) is 1. The molecule has 6 nitrogen and oxygen atoms in total. The van der Waals surface area contributed by atoms with Gasteiger partial charge in [0.2, 0.25) is 0 Å². The quantitative estimate of drug-likeness (QED) is 0.473. The molecular weight excluding hydrogens is 584 g/mol. The van der Waals surface area contributed by atoms with Crippen molar-refractivity contribution < 1.29 is 40.4 Å². The number of benzene rings is 1. The maximum absolute atomic E-state index is 13.3. The molecule has 4 rings (SSSR count). The van der Waals surface area contributed by atoms with Gasteiger partial charge in [-0.2, -0.15) is 0 Å². The Kier molecular flexibility index (Phi) is 6.72. The summed E-state index contributed by atoms with van der Waals surface area (Å²) in [5, 5.41) is 3.11. The minimum absolute atomic E-state index is 0.142. The van der Waals surface area contributed by atoms with Gasteiger partial charge in [0.1, 0.15) is 5.82 Å². The van der Waals surface area contributed by atoms with Crippen molar-refractivity contribution in [3.63, 3.8) is 0 Å². The number of primary amides is 1. The Morgan fingerprint density at radius 2 is 1.84 bits per heavy atom. The monoisotopic (exact) mass is 611 g/mol. The molecule has 0 bridgehead atoms. The van der Waals surface area contributed by atoms with Gasteiger partial charge in [-0.05, 0) is 12.1 Å². The third-order valence-corrected chi connectivity index (χ3v) is 8.71. The normalized spacial score (nSPS) is 18.5. The summed E-state index contributed by atoms with van der Waals surface area (Å²) in [7, 11) is 0. The van der Waals surface area contributed by atoms with E-state index in [9.17, 15) is 14.0 Å². The van der Waals surface area contributed by atoms with E-state index < -0.39 is 11.4 Å². The molecule has 2 fully saturated rings. The van der Waals surface area contributed by atoms with Gasteiger partial charge >= 0.3 is 176 Å². The van der Waals surface area contributed by atoms with Gasteiger partial charge in [-0.1, -0.05) is 0 Å². The number of carbonyl (C=O) groups is 2. The molecule has 1 aliphatic carbocycles. The molecule has 1 aliphatic heterocycles. The number of hydrogen-bond acceptors (Lipinski definition) is 4. The van der Waals surface area contributed by atoms with Crippen LogP contribution in [0, 0.1) is 5.82 Å². The molecule has 0 unspecified atom stereocenters. The zero-order valence-electron chi connectivity index (χ0n) is 17.6. The van der Waals surface area contributed by atoms with Gasteiger partial charge in [-0.3, -0.25) is 0 Å². The van der Waals surface area contributed by atoms with Crippen molar-refractivity contribution in [3.05, 3.63) is 64.7 Å². The summed E-state index contributed by atoms with van der Waals surface area (Å²) in [5.74, 6) is -0.452. The first kappa shape index (κ1) is 22.3. The molecule has 0 spiro atoms. The van der Waals surface area contributed by atoms with Crippen LogP contribution in [0.25, 0.3) is 0 Å². The van der Waals surface area contributed by atoms with Crippen molar-refractivity contribution in [3.8, 4) is 0 Å². The van der Waals surface area contributed by atoms with Gasteiger partial charge in [0, 0.05) is 0 Å². The van der Waals surface area contributed by atoms with Crippen molar-refractivity contribution in [2.45, 2.75) is 50.0 Å². The Morgan fingerprint density at radius 3 is 2.45 bits per heavy atom. The molecule has 2 heterocycles. The van der Waals surface area contributed by atoms with Gasteiger partial charge in [0.15, 0.2) is 0 Å². The van der Waals surface area contributed by atoms with Crippen LogP contribution in [0.3, 0.4) is 0 Å². The number of halogens is 1. The van der Waals surface area contributed by atoms with E-state index >= 15 is 0 Å². The third-order valence-electron chi connectivity index (χ3n) is 6.25. The molecule has 8 heteroatoms. The Labute approximate surface area is 198 Å². The Morgan fingerprint density at radius 1 is 1.16 bits per heavy atom. The number of aromatic nitrogens is 1. The van der Waals surface area contributed by atoms with Gasteiger partial charge in [0.25, 0.3) is 0 Å². The first-order chi connectivity index (χ1) is 14.8. The van der Waals surface area contributed by atoms with Crippen LogP contribution < -0.4 is 11.1 Å².